The summed E-state index contributed by atoms with van der Waals surface area (Å²) in [5, 5.41) is 6.24. The molecule has 1 saturated heterocycles. The lowest BCUT2D eigenvalue weighted by Crippen LogP contribution is -2.46. The van der Waals surface area contributed by atoms with Crippen molar-refractivity contribution in [2.75, 3.05) is 46.4 Å². The number of carbonyl (C=O) groups is 1. The molecule has 0 aromatic carbocycles. The van der Waals surface area contributed by atoms with Crippen LogP contribution in [0.5, 0.6) is 0 Å². The van der Waals surface area contributed by atoms with Crippen LogP contribution in [-0.2, 0) is 9.53 Å². The third kappa shape index (κ3) is 6.75. The summed E-state index contributed by atoms with van der Waals surface area (Å²) in [4.78, 5) is 18.0. The Morgan fingerprint density at radius 1 is 1.25 bits per heavy atom. The van der Waals surface area contributed by atoms with E-state index in [4.69, 9.17) is 4.74 Å². The molecule has 1 aliphatic rings. The van der Waals surface area contributed by atoms with Crippen LogP contribution in [0.15, 0.2) is 4.99 Å². The van der Waals surface area contributed by atoms with Gasteiger partial charge in [0.25, 0.3) is 0 Å². The predicted octanol–water partition coefficient (Wildman–Crippen LogP) is 0.591. The molecular weight excluding hydrogens is 256 g/mol. The minimum atomic E-state index is 0.155. The van der Waals surface area contributed by atoms with Crippen molar-refractivity contribution < 1.29 is 9.53 Å². The molecule has 0 bridgehead atoms. The van der Waals surface area contributed by atoms with Gasteiger partial charge in [0.05, 0.1) is 6.54 Å². The molecule has 0 radical (unpaired) electrons. The number of hydrogen-bond donors (Lipinski definition) is 2. The maximum Gasteiger partial charge on any atom is 0.241 e. The van der Waals surface area contributed by atoms with Gasteiger partial charge in [0.1, 0.15) is 0 Å². The molecule has 1 fully saturated rings. The molecule has 0 unspecified atom stereocenters. The Labute approximate surface area is 122 Å². The molecule has 0 aromatic rings. The number of hydrogen-bond acceptors (Lipinski definition) is 3. The van der Waals surface area contributed by atoms with Crippen LogP contribution < -0.4 is 10.6 Å². The van der Waals surface area contributed by atoms with Gasteiger partial charge in [-0.25, -0.2) is 0 Å². The third-order valence-corrected chi connectivity index (χ3v) is 3.30. The van der Waals surface area contributed by atoms with Gasteiger partial charge in [-0.05, 0) is 32.6 Å². The van der Waals surface area contributed by atoms with E-state index in [9.17, 15) is 4.79 Å². The molecule has 0 aromatic heterocycles. The molecular formula is C14H28N4O2. The highest BCUT2D eigenvalue weighted by Gasteiger charge is 2.16. The molecule has 1 amide bonds. The highest BCUT2D eigenvalue weighted by Crippen LogP contribution is 2.08. The van der Waals surface area contributed by atoms with E-state index in [-0.39, 0.29) is 5.91 Å². The van der Waals surface area contributed by atoms with Crippen molar-refractivity contribution in [1.82, 2.24) is 15.5 Å². The molecule has 6 nitrogen and oxygen atoms in total. The summed E-state index contributed by atoms with van der Waals surface area (Å²) in [5.41, 5.74) is 0. The Morgan fingerprint density at radius 2 is 2.00 bits per heavy atom. The lowest BCUT2D eigenvalue weighted by atomic mass is 10.1. The Kier molecular flexibility index (Phi) is 8.78. The second-order valence-corrected chi connectivity index (χ2v) is 4.84. The van der Waals surface area contributed by atoms with Gasteiger partial charge in [-0.15, -0.1) is 0 Å². The van der Waals surface area contributed by atoms with Crippen LogP contribution in [0.2, 0.25) is 0 Å². The average Bonchev–Trinajstić information content (AvgIpc) is 2.50. The zero-order valence-electron chi connectivity index (χ0n) is 12.8. The molecule has 1 rings (SSSR count). The topological polar surface area (TPSA) is 66.0 Å². The zero-order chi connectivity index (χ0) is 14.6. The first-order valence-electron chi connectivity index (χ1n) is 7.58. The summed E-state index contributed by atoms with van der Waals surface area (Å²) in [5.74, 6) is 0.828. The Hall–Kier alpha value is -1.30. The molecule has 2 N–H and O–H groups in total. The lowest BCUT2D eigenvalue weighted by Gasteiger charge is -2.27. The summed E-state index contributed by atoms with van der Waals surface area (Å²) in [6.07, 6.45) is 4.40. The van der Waals surface area contributed by atoms with E-state index in [1.165, 1.54) is 6.42 Å². The van der Waals surface area contributed by atoms with Crippen molar-refractivity contribution in [2.24, 2.45) is 4.99 Å². The van der Waals surface area contributed by atoms with Gasteiger partial charge in [-0.1, -0.05) is 0 Å². The molecule has 0 spiro atoms. The monoisotopic (exact) mass is 284 g/mol. The molecule has 1 aliphatic heterocycles. The van der Waals surface area contributed by atoms with Crippen LogP contribution in [0, 0.1) is 0 Å². The van der Waals surface area contributed by atoms with Crippen LogP contribution in [-0.4, -0.2) is 63.2 Å². The van der Waals surface area contributed by atoms with Gasteiger partial charge in [0.15, 0.2) is 5.96 Å². The molecule has 0 saturated carbocycles. The number of likely N-dealkylation sites (tertiary alicyclic amines) is 1. The minimum absolute atomic E-state index is 0.155. The van der Waals surface area contributed by atoms with Crippen LogP contribution in [0.4, 0.5) is 0 Å². The van der Waals surface area contributed by atoms with Crippen molar-refractivity contribution in [1.29, 1.82) is 0 Å². The van der Waals surface area contributed by atoms with Crippen LogP contribution in [0.25, 0.3) is 0 Å². The third-order valence-electron chi connectivity index (χ3n) is 3.30. The zero-order valence-corrected chi connectivity index (χ0v) is 12.8. The normalized spacial score (nSPS) is 16.1. The van der Waals surface area contributed by atoms with Gasteiger partial charge in [0, 0.05) is 39.9 Å². The highest BCUT2D eigenvalue weighted by molar-refractivity contribution is 5.86. The summed E-state index contributed by atoms with van der Waals surface area (Å²) in [6, 6.07) is 0. The minimum Gasteiger partial charge on any atom is -0.382 e. The van der Waals surface area contributed by atoms with Crippen molar-refractivity contribution in [3.8, 4) is 0 Å². The SMILES string of the molecule is CCOCCCNC(=NC)NCC(=O)N1CCCCC1. The van der Waals surface area contributed by atoms with E-state index in [1.807, 2.05) is 11.8 Å². The highest BCUT2D eigenvalue weighted by atomic mass is 16.5. The second-order valence-electron chi connectivity index (χ2n) is 4.84. The maximum atomic E-state index is 12.0. The summed E-state index contributed by atoms with van der Waals surface area (Å²) in [7, 11) is 1.71. The first-order chi connectivity index (χ1) is 9.77. The van der Waals surface area contributed by atoms with Gasteiger partial charge >= 0.3 is 0 Å². The lowest BCUT2D eigenvalue weighted by molar-refractivity contribution is -0.130. The van der Waals surface area contributed by atoms with E-state index in [2.05, 4.69) is 15.6 Å². The van der Waals surface area contributed by atoms with Gasteiger partial charge in [-0.2, -0.15) is 0 Å². The van der Waals surface area contributed by atoms with E-state index >= 15 is 0 Å². The fourth-order valence-electron chi connectivity index (χ4n) is 2.16. The quantitative estimate of drug-likeness (QED) is 0.408. The molecule has 0 aliphatic carbocycles. The smallest absolute Gasteiger partial charge is 0.241 e. The van der Waals surface area contributed by atoms with E-state index in [1.54, 1.807) is 7.05 Å². The van der Waals surface area contributed by atoms with Gasteiger partial charge < -0.3 is 20.3 Å². The van der Waals surface area contributed by atoms with Crippen molar-refractivity contribution in [3.05, 3.63) is 0 Å². The molecule has 1 heterocycles. The molecule has 116 valence electrons. The van der Waals surface area contributed by atoms with Gasteiger partial charge in [-0.3, -0.25) is 9.79 Å². The average molecular weight is 284 g/mol. The number of guanidine groups is 1. The molecule has 6 heteroatoms. The second kappa shape index (κ2) is 10.5. The van der Waals surface area contributed by atoms with E-state index in [0.717, 1.165) is 52.1 Å². The number of carbonyl (C=O) groups excluding carboxylic acids is 1. The molecule has 0 atom stereocenters. The van der Waals surface area contributed by atoms with Crippen molar-refractivity contribution in [3.63, 3.8) is 0 Å². The number of nitrogens with zero attached hydrogens (tertiary/aromatic N) is 2. The van der Waals surface area contributed by atoms with Crippen LogP contribution >= 0.6 is 0 Å². The number of amides is 1. The predicted molar refractivity (Wildman–Crippen MR) is 80.9 cm³/mol. The first-order valence-corrected chi connectivity index (χ1v) is 7.58. The number of ether oxygens (including phenoxy) is 1. The largest absolute Gasteiger partial charge is 0.382 e. The standard InChI is InChI=1S/C14H28N4O2/c1-3-20-11-7-8-16-14(15-2)17-12-13(19)18-9-5-4-6-10-18/h3-12H2,1-2H3,(H2,15,16,17). The van der Waals surface area contributed by atoms with Crippen molar-refractivity contribution in [2.45, 2.75) is 32.6 Å². The van der Waals surface area contributed by atoms with Gasteiger partial charge in [0.2, 0.25) is 5.91 Å². The Morgan fingerprint density at radius 3 is 2.65 bits per heavy atom. The Bertz CT molecular complexity index is 302. The van der Waals surface area contributed by atoms with E-state index < -0.39 is 0 Å². The fraction of sp³-hybridized carbons (Fsp3) is 0.857. The van der Waals surface area contributed by atoms with Crippen molar-refractivity contribution >= 4 is 11.9 Å². The van der Waals surface area contributed by atoms with Crippen LogP contribution in [0.1, 0.15) is 32.6 Å². The number of piperidine rings is 1. The van der Waals surface area contributed by atoms with Crippen LogP contribution in [0.3, 0.4) is 0 Å². The first kappa shape index (κ1) is 16.8. The maximum absolute atomic E-state index is 12.0. The number of nitrogens with one attached hydrogen (secondary N) is 2. The Balaban J connectivity index is 2.15. The van der Waals surface area contributed by atoms with E-state index in [0.29, 0.717) is 12.5 Å². The molecule has 20 heavy (non-hydrogen) atoms. The number of aliphatic imine (C=N–C) groups is 1. The summed E-state index contributed by atoms with van der Waals surface area (Å²) >= 11 is 0. The fourth-order valence-corrected chi connectivity index (χ4v) is 2.16. The number of rotatable bonds is 7. The summed E-state index contributed by atoms with van der Waals surface area (Å²) in [6.45, 7) is 6.36. The summed E-state index contributed by atoms with van der Waals surface area (Å²) < 4.78 is 5.27.